The molecular weight excluding hydrogens is 510 g/mol. The van der Waals surface area contributed by atoms with Gasteiger partial charge in [0, 0.05) is 11.5 Å². The van der Waals surface area contributed by atoms with Crippen molar-refractivity contribution in [3.63, 3.8) is 0 Å². The standard InChI is InChI=1S/C34H37N5O2/c1-34(2,3)41-33(40)26-7-4-6-25(26)31-37-27-14-13-23(18-29(27)38-31)21-9-10-22-17-24(12-11-20(22)16-21)30-19-36-32(39-30)28-8-5-15-35-28/h9-14,16-19,25-26,28,35H,4-8,15H2,1-3H3,(H,36,39)(H,37,38)/t25-,26?,28+/m1/s1. The number of aromatic nitrogens is 4. The summed E-state index contributed by atoms with van der Waals surface area (Å²) in [6, 6.07) is 19.9. The molecule has 0 bridgehead atoms. The Bertz CT molecular complexity index is 1740. The second kappa shape index (κ2) is 10.1. The van der Waals surface area contributed by atoms with Gasteiger partial charge in [-0.2, -0.15) is 0 Å². The Morgan fingerprint density at radius 1 is 0.854 bits per heavy atom. The maximum atomic E-state index is 12.9. The number of aromatic amines is 2. The summed E-state index contributed by atoms with van der Waals surface area (Å²) in [5, 5.41) is 5.90. The molecule has 1 saturated heterocycles. The maximum absolute atomic E-state index is 12.9. The van der Waals surface area contributed by atoms with Gasteiger partial charge in [-0.05, 0) is 99.2 Å². The number of esters is 1. The monoisotopic (exact) mass is 547 g/mol. The second-order valence-corrected chi connectivity index (χ2v) is 12.6. The van der Waals surface area contributed by atoms with Crippen LogP contribution >= 0.6 is 0 Å². The van der Waals surface area contributed by atoms with E-state index < -0.39 is 5.60 Å². The minimum atomic E-state index is -0.482. The van der Waals surface area contributed by atoms with Crippen molar-refractivity contribution in [1.29, 1.82) is 0 Å². The highest BCUT2D eigenvalue weighted by molar-refractivity contribution is 5.91. The summed E-state index contributed by atoms with van der Waals surface area (Å²) in [5.41, 5.74) is 5.93. The normalized spacial score (nSPS) is 21.2. The molecule has 2 aromatic heterocycles. The molecule has 1 aliphatic carbocycles. The van der Waals surface area contributed by atoms with Crippen LogP contribution in [0.25, 0.3) is 44.2 Å². The van der Waals surface area contributed by atoms with Gasteiger partial charge in [-0.25, -0.2) is 9.97 Å². The van der Waals surface area contributed by atoms with Crippen molar-refractivity contribution in [2.24, 2.45) is 5.92 Å². The minimum absolute atomic E-state index is 0.0657. The van der Waals surface area contributed by atoms with Crippen LogP contribution < -0.4 is 5.32 Å². The van der Waals surface area contributed by atoms with Gasteiger partial charge in [0.1, 0.15) is 17.2 Å². The third-order valence-corrected chi connectivity index (χ3v) is 8.55. The number of fused-ring (bicyclic) bond motifs is 2. The number of carbonyl (C=O) groups is 1. The lowest BCUT2D eigenvalue weighted by atomic mass is 9.95. The lowest BCUT2D eigenvalue weighted by Gasteiger charge is -2.24. The number of hydrogen-bond acceptors (Lipinski definition) is 5. The van der Waals surface area contributed by atoms with Crippen LogP contribution in [0.4, 0.5) is 0 Å². The average Bonchev–Trinajstić information content (AvgIpc) is 3.77. The molecule has 3 heterocycles. The summed E-state index contributed by atoms with van der Waals surface area (Å²) >= 11 is 0. The van der Waals surface area contributed by atoms with Crippen molar-refractivity contribution in [2.75, 3.05) is 6.54 Å². The van der Waals surface area contributed by atoms with Gasteiger partial charge in [0.15, 0.2) is 0 Å². The first kappa shape index (κ1) is 26.0. The smallest absolute Gasteiger partial charge is 0.310 e. The highest BCUT2D eigenvalue weighted by Gasteiger charge is 2.38. The molecule has 2 fully saturated rings. The molecule has 7 heteroatoms. The van der Waals surface area contributed by atoms with E-state index in [2.05, 4.69) is 74.9 Å². The van der Waals surface area contributed by atoms with Crippen LogP contribution in [0.15, 0.2) is 60.8 Å². The Balaban J connectivity index is 1.13. The Kier molecular flexibility index (Phi) is 6.42. The molecule has 7 nitrogen and oxygen atoms in total. The zero-order valence-electron chi connectivity index (χ0n) is 24.0. The number of imidazole rings is 2. The lowest BCUT2D eigenvalue weighted by Crippen LogP contribution is -2.30. The SMILES string of the molecule is CC(C)(C)OC(=O)C1CCC[C@H]1c1nc2ccc(-c3ccc4cc(-c5cnc([C@@H]6CCCN6)[nH]5)ccc4c3)cc2[nH]1. The number of ether oxygens (including phenoxy) is 1. The van der Waals surface area contributed by atoms with Crippen LogP contribution in [0.3, 0.4) is 0 Å². The molecule has 3 aromatic carbocycles. The van der Waals surface area contributed by atoms with Gasteiger partial charge < -0.3 is 20.0 Å². The van der Waals surface area contributed by atoms with E-state index in [1.54, 1.807) is 0 Å². The summed E-state index contributed by atoms with van der Waals surface area (Å²) < 4.78 is 5.73. The fraction of sp³-hybridized carbons (Fsp3) is 0.382. The topological polar surface area (TPSA) is 95.7 Å². The number of H-pyrrole nitrogens is 2. The maximum Gasteiger partial charge on any atom is 0.310 e. The van der Waals surface area contributed by atoms with E-state index in [0.717, 1.165) is 77.3 Å². The first-order chi connectivity index (χ1) is 19.8. The summed E-state index contributed by atoms with van der Waals surface area (Å²) in [4.78, 5) is 29.5. The Morgan fingerprint density at radius 3 is 2.39 bits per heavy atom. The molecule has 0 spiro atoms. The molecule has 2 aliphatic rings. The number of benzene rings is 3. The van der Waals surface area contributed by atoms with Crippen LogP contribution in [0.5, 0.6) is 0 Å². The fourth-order valence-electron chi connectivity index (χ4n) is 6.50. The third kappa shape index (κ3) is 5.15. The van der Waals surface area contributed by atoms with Gasteiger partial charge in [0.25, 0.3) is 0 Å². The molecule has 0 radical (unpaired) electrons. The third-order valence-electron chi connectivity index (χ3n) is 8.55. The lowest BCUT2D eigenvalue weighted by molar-refractivity contribution is -0.160. The molecule has 1 aliphatic heterocycles. The van der Waals surface area contributed by atoms with Gasteiger partial charge in [-0.3, -0.25) is 4.79 Å². The molecule has 41 heavy (non-hydrogen) atoms. The van der Waals surface area contributed by atoms with Gasteiger partial charge in [-0.1, -0.05) is 36.8 Å². The quantitative estimate of drug-likeness (QED) is 0.199. The zero-order valence-corrected chi connectivity index (χ0v) is 24.0. The largest absolute Gasteiger partial charge is 0.460 e. The molecule has 0 amide bonds. The number of hydrogen-bond donors (Lipinski definition) is 3. The Labute approximate surface area is 240 Å². The first-order valence-corrected chi connectivity index (χ1v) is 14.9. The molecule has 3 N–H and O–H groups in total. The molecule has 7 rings (SSSR count). The molecule has 3 atom stereocenters. The van der Waals surface area contributed by atoms with Gasteiger partial charge in [0.2, 0.25) is 0 Å². The predicted molar refractivity (Wildman–Crippen MR) is 163 cm³/mol. The van der Waals surface area contributed by atoms with E-state index in [0.29, 0.717) is 6.04 Å². The summed E-state index contributed by atoms with van der Waals surface area (Å²) in [6.45, 7) is 6.83. The average molecular weight is 548 g/mol. The van der Waals surface area contributed by atoms with Crippen molar-refractivity contribution in [3.05, 3.63) is 72.4 Å². The molecule has 5 aromatic rings. The number of rotatable bonds is 5. The predicted octanol–water partition coefficient (Wildman–Crippen LogP) is 7.42. The van der Waals surface area contributed by atoms with Crippen LogP contribution in [0.2, 0.25) is 0 Å². The summed E-state index contributed by atoms with van der Waals surface area (Å²) in [6.07, 6.45) is 7.07. The highest BCUT2D eigenvalue weighted by atomic mass is 16.6. The van der Waals surface area contributed by atoms with Crippen molar-refractivity contribution in [3.8, 4) is 22.4 Å². The second-order valence-electron chi connectivity index (χ2n) is 12.6. The van der Waals surface area contributed by atoms with Crippen LogP contribution in [-0.2, 0) is 9.53 Å². The number of carbonyl (C=O) groups excluding carboxylic acids is 1. The van der Waals surface area contributed by atoms with Crippen molar-refractivity contribution in [1.82, 2.24) is 25.3 Å². The Hall–Kier alpha value is -3.97. The van der Waals surface area contributed by atoms with Crippen molar-refractivity contribution < 1.29 is 9.53 Å². The first-order valence-electron chi connectivity index (χ1n) is 14.9. The van der Waals surface area contributed by atoms with Crippen LogP contribution in [-0.4, -0.2) is 38.1 Å². The van der Waals surface area contributed by atoms with E-state index in [4.69, 9.17) is 9.72 Å². The highest BCUT2D eigenvalue weighted by Crippen LogP contribution is 2.41. The van der Waals surface area contributed by atoms with Gasteiger partial charge >= 0.3 is 5.97 Å². The summed E-state index contributed by atoms with van der Waals surface area (Å²) in [7, 11) is 0. The number of nitrogens with one attached hydrogen (secondary N) is 3. The van der Waals surface area contributed by atoms with Crippen molar-refractivity contribution in [2.45, 2.75) is 70.4 Å². The molecular formula is C34H37N5O2. The minimum Gasteiger partial charge on any atom is -0.460 e. The van der Waals surface area contributed by atoms with E-state index in [9.17, 15) is 4.79 Å². The Morgan fingerprint density at radius 2 is 1.61 bits per heavy atom. The zero-order chi connectivity index (χ0) is 28.1. The molecule has 210 valence electrons. The van der Waals surface area contributed by atoms with Gasteiger partial charge in [-0.15, -0.1) is 0 Å². The summed E-state index contributed by atoms with van der Waals surface area (Å²) in [5.74, 6) is 1.73. The van der Waals surface area contributed by atoms with Crippen LogP contribution in [0, 0.1) is 5.92 Å². The van der Waals surface area contributed by atoms with Crippen LogP contribution in [0.1, 0.15) is 76.5 Å². The number of nitrogens with zero attached hydrogens (tertiary/aromatic N) is 2. The van der Waals surface area contributed by atoms with Crippen molar-refractivity contribution >= 4 is 27.8 Å². The van der Waals surface area contributed by atoms with E-state index in [-0.39, 0.29) is 17.8 Å². The van der Waals surface area contributed by atoms with E-state index in [1.807, 2.05) is 27.0 Å². The molecule has 1 saturated carbocycles. The fourth-order valence-corrected chi connectivity index (χ4v) is 6.50. The van der Waals surface area contributed by atoms with E-state index >= 15 is 0 Å². The van der Waals surface area contributed by atoms with E-state index in [1.165, 1.54) is 17.2 Å². The molecule has 1 unspecified atom stereocenters. The van der Waals surface area contributed by atoms with Gasteiger partial charge in [0.05, 0.1) is 34.9 Å².